The number of carbonyl (C=O) groups is 1. The molecular formula is C21H26Cl2N4O3S. The lowest BCUT2D eigenvalue weighted by Crippen LogP contribution is -2.35. The normalized spacial score (nSPS) is 14.9. The molecule has 168 valence electrons. The van der Waals surface area contributed by atoms with Gasteiger partial charge in [-0.25, -0.2) is 13.4 Å². The molecule has 0 aliphatic carbocycles. The summed E-state index contributed by atoms with van der Waals surface area (Å²) < 4.78 is 26.9. The van der Waals surface area contributed by atoms with E-state index in [0.29, 0.717) is 59.8 Å². The maximum absolute atomic E-state index is 12.7. The van der Waals surface area contributed by atoms with E-state index in [1.807, 2.05) is 0 Å². The SMILES string of the molecule is O=C(CCc1ccc(S(=O)(=O)N2CCCCC2)cc1)NCCNc1ncc(Cl)cc1Cl. The van der Waals surface area contributed by atoms with E-state index in [-0.39, 0.29) is 5.91 Å². The molecule has 1 saturated heterocycles. The molecule has 7 nitrogen and oxygen atoms in total. The summed E-state index contributed by atoms with van der Waals surface area (Å²) >= 11 is 11.8. The van der Waals surface area contributed by atoms with Crippen LogP contribution in [0.1, 0.15) is 31.2 Å². The molecular weight excluding hydrogens is 459 g/mol. The topological polar surface area (TPSA) is 91.4 Å². The Morgan fingerprint density at radius 1 is 1.06 bits per heavy atom. The van der Waals surface area contributed by atoms with Crippen molar-refractivity contribution in [1.29, 1.82) is 0 Å². The number of halogens is 2. The molecule has 10 heteroatoms. The third kappa shape index (κ3) is 6.80. The number of anilines is 1. The van der Waals surface area contributed by atoms with Crippen molar-refractivity contribution < 1.29 is 13.2 Å². The molecule has 0 bridgehead atoms. The minimum atomic E-state index is -3.43. The van der Waals surface area contributed by atoms with E-state index in [1.54, 1.807) is 34.6 Å². The first-order valence-electron chi connectivity index (χ1n) is 10.3. The van der Waals surface area contributed by atoms with Gasteiger partial charge in [0.1, 0.15) is 5.82 Å². The molecule has 1 aliphatic heterocycles. The third-order valence-corrected chi connectivity index (χ3v) is 7.47. The van der Waals surface area contributed by atoms with Gasteiger partial charge in [0.05, 0.1) is 14.9 Å². The molecule has 0 radical (unpaired) electrons. The van der Waals surface area contributed by atoms with Crippen molar-refractivity contribution in [2.75, 3.05) is 31.5 Å². The van der Waals surface area contributed by atoms with Gasteiger partial charge >= 0.3 is 0 Å². The second-order valence-corrected chi connectivity index (χ2v) is 10.2. The maximum atomic E-state index is 12.7. The standard InChI is InChI=1S/C21H26Cl2N4O3S/c22-17-14-19(23)21(26-15-17)25-11-10-24-20(28)9-6-16-4-7-18(8-5-16)31(29,30)27-12-2-1-3-13-27/h4-5,7-8,14-15H,1-3,6,9-13H2,(H,24,28)(H,25,26). The number of aromatic nitrogens is 1. The molecule has 0 atom stereocenters. The van der Waals surface area contributed by atoms with Gasteiger partial charge in [-0.05, 0) is 43.0 Å². The Morgan fingerprint density at radius 2 is 1.77 bits per heavy atom. The molecule has 2 N–H and O–H groups in total. The lowest BCUT2D eigenvalue weighted by molar-refractivity contribution is -0.120. The number of carbonyl (C=O) groups excluding carboxylic acids is 1. The Labute approximate surface area is 193 Å². The van der Waals surface area contributed by atoms with Crippen LogP contribution in [0.4, 0.5) is 5.82 Å². The molecule has 0 unspecified atom stereocenters. The van der Waals surface area contributed by atoms with E-state index < -0.39 is 10.0 Å². The number of aryl methyl sites for hydroxylation is 1. The van der Waals surface area contributed by atoms with Gasteiger partial charge in [0.2, 0.25) is 15.9 Å². The number of pyridine rings is 1. The summed E-state index contributed by atoms with van der Waals surface area (Å²) in [7, 11) is -3.43. The predicted octanol–water partition coefficient (Wildman–Crippen LogP) is 3.72. The number of hydrogen-bond donors (Lipinski definition) is 2. The lowest BCUT2D eigenvalue weighted by atomic mass is 10.1. The zero-order chi connectivity index (χ0) is 22.3. The number of piperidine rings is 1. The van der Waals surface area contributed by atoms with E-state index in [2.05, 4.69) is 15.6 Å². The van der Waals surface area contributed by atoms with Crippen LogP contribution in [0.5, 0.6) is 0 Å². The van der Waals surface area contributed by atoms with E-state index >= 15 is 0 Å². The fourth-order valence-electron chi connectivity index (χ4n) is 3.36. The highest BCUT2D eigenvalue weighted by Gasteiger charge is 2.25. The highest BCUT2D eigenvalue weighted by atomic mass is 35.5. The average Bonchev–Trinajstić information content (AvgIpc) is 2.77. The monoisotopic (exact) mass is 484 g/mol. The molecule has 2 heterocycles. The van der Waals surface area contributed by atoms with Crippen LogP contribution in [0.25, 0.3) is 0 Å². The summed E-state index contributed by atoms with van der Waals surface area (Å²) in [6.45, 7) is 2.06. The average molecular weight is 485 g/mol. The number of amides is 1. The Kier molecular flexibility index (Phi) is 8.54. The number of hydrogen-bond acceptors (Lipinski definition) is 5. The van der Waals surface area contributed by atoms with Gasteiger partial charge in [0.15, 0.2) is 0 Å². The predicted molar refractivity (Wildman–Crippen MR) is 123 cm³/mol. The van der Waals surface area contributed by atoms with Crippen molar-refractivity contribution >= 4 is 45.0 Å². The summed E-state index contributed by atoms with van der Waals surface area (Å²) in [5, 5.41) is 6.75. The van der Waals surface area contributed by atoms with Crippen LogP contribution >= 0.6 is 23.2 Å². The van der Waals surface area contributed by atoms with Crippen LogP contribution in [0.2, 0.25) is 10.0 Å². The smallest absolute Gasteiger partial charge is 0.243 e. The fraction of sp³-hybridized carbons (Fsp3) is 0.429. The second-order valence-electron chi connectivity index (χ2n) is 7.37. The fourth-order valence-corrected chi connectivity index (χ4v) is 5.32. The Balaban J connectivity index is 1.41. The van der Waals surface area contributed by atoms with Crippen LogP contribution < -0.4 is 10.6 Å². The number of benzene rings is 1. The second kappa shape index (κ2) is 11.1. The van der Waals surface area contributed by atoms with Crippen molar-refractivity contribution in [2.45, 2.75) is 37.0 Å². The largest absolute Gasteiger partial charge is 0.367 e. The van der Waals surface area contributed by atoms with Crippen molar-refractivity contribution in [1.82, 2.24) is 14.6 Å². The number of nitrogens with one attached hydrogen (secondary N) is 2. The Bertz CT molecular complexity index is 994. The Morgan fingerprint density at radius 3 is 2.45 bits per heavy atom. The molecule has 1 fully saturated rings. The molecule has 0 spiro atoms. The molecule has 1 aromatic carbocycles. The summed E-state index contributed by atoms with van der Waals surface area (Å²) in [6, 6.07) is 8.41. The summed E-state index contributed by atoms with van der Waals surface area (Å²) in [6.07, 6.45) is 5.24. The first kappa shape index (κ1) is 23.8. The van der Waals surface area contributed by atoms with E-state index in [0.717, 1.165) is 24.8 Å². The maximum Gasteiger partial charge on any atom is 0.243 e. The summed E-state index contributed by atoms with van der Waals surface area (Å²) in [5.41, 5.74) is 0.919. The zero-order valence-electron chi connectivity index (χ0n) is 17.1. The number of sulfonamides is 1. The van der Waals surface area contributed by atoms with Gasteiger partial charge in [0, 0.05) is 38.8 Å². The van der Waals surface area contributed by atoms with E-state index in [1.165, 1.54) is 6.20 Å². The quantitative estimate of drug-likeness (QED) is 0.529. The van der Waals surface area contributed by atoms with Crippen LogP contribution in [0.15, 0.2) is 41.4 Å². The van der Waals surface area contributed by atoms with Gasteiger partial charge in [-0.3, -0.25) is 4.79 Å². The molecule has 1 aliphatic rings. The highest BCUT2D eigenvalue weighted by Crippen LogP contribution is 2.22. The number of rotatable bonds is 9. The first-order chi connectivity index (χ1) is 14.9. The summed E-state index contributed by atoms with van der Waals surface area (Å²) in [5.74, 6) is 0.432. The van der Waals surface area contributed by atoms with Gasteiger partial charge < -0.3 is 10.6 Å². The van der Waals surface area contributed by atoms with Crippen LogP contribution in [-0.4, -0.2) is 49.8 Å². The summed E-state index contributed by atoms with van der Waals surface area (Å²) in [4.78, 5) is 16.5. The molecule has 2 aromatic rings. The Hall–Kier alpha value is -1.87. The van der Waals surface area contributed by atoms with Crippen molar-refractivity contribution in [2.24, 2.45) is 0 Å². The zero-order valence-corrected chi connectivity index (χ0v) is 19.4. The molecule has 1 amide bonds. The highest BCUT2D eigenvalue weighted by molar-refractivity contribution is 7.89. The van der Waals surface area contributed by atoms with Crippen molar-refractivity contribution in [3.05, 3.63) is 52.1 Å². The van der Waals surface area contributed by atoms with Crippen molar-refractivity contribution in [3.8, 4) is 0 Å². The lowest BCUT2D eigenvalue weighted by Gasteiger charge is -2.25. The number of nitrogens with zero attached hydrogens (tertiary/aromatic N) is 2. The van der Waals surface area contributed by atoms with Gasteiger partial charge in [0.25, 0.3) is 0 Å². The molecule has 3 rings (SSSR count). The van der Waals surface area contributed by atoms with Crippen LogP contribution in [0, 0.1) is 0 Å². The van der Waals surface area contributed by atoms with Gasteiger partial charge in [-0.1, -0.05) is 41.8 Å². The molecule has 31 heavy (non-hydrogen) atoms. The van der Waals surface area contributed by atoms with Crippen molar-refractivity contribution in [3.63, 3.8) is 0 Å². The third-order valence-electron chi connectivity index (χ3n) is 5.06. The van der Waals surface area contributed by atoms with Crippen LogP contribution in [0.3, 0.4) is 0 Å². The molecule has 0 saturated carbocycles. The first-order valence-corrected chi connectivity index (χ1v) is 12.5. The van der Waals surface area contributed by atoms with E-state index in [4.69, 9.17) is 23.2 Å². The molecule has 1 aromatic heterocycles. The minimum Gasteiger partial charge on any atom is -0.367 e. The van der Waals surface area contributed by atoms with E-state index in [9.17, 15) is 13.2 Å². The van der Waals surface area contributed by atoms with Gasteiger partial charge in [-0.2, -0.15) is 4.31 Å². The minimum absolute atomic E-state index is 0.0815. The van der Waals surface area contributed by atoms with Gasteiger partial charge in [-0.15, -0.1) is 0 Å². The van der Waals surface area contributed by atoms with Crippen LogP contribution in [-0.2, 0) is 21.2 Å².